The Labute approximate surface area is 62.4 Å². The van der Waals surface area contributed by atoms with E-state index in [9.17, 15) is 4.79 Å². The van der Waals surface area contributed by atoms with E-state index in [0.29, 0.717) is 0 Å². The van der Waals surface area contributed by atoms with Crippen LogP contribution in [0.15, 0.2) is 4.99 Å². The molecule has 2 nitrogen and oxygen atoms in total. The molecule has 0 N–H and O–H groups in total. The molecule has 0 aliphatic rings. The molecule has 10 heavy (non-hydrogen) atoms. The van der Waals surface area contributed by atoms with Gasteiger partial charge in [0.15, 0.2) is 5.78 Å². The van der Waals surface area contributed by atoms with Crippen molar-refractivity contribution in [2.45, 2.75) is 33.7 Å². The number of aliphatic imine (C=N–C) groups is 1. The van der Waals surface area contributed by atoms with E-state index < -0.39 is 0 Å². The van der Waals surface area contributed by atoms with Crippen molar-refractivity contribution < 1.29 is 4.79 Å². The van der Waals surface area contributed by atoms with Crippen molar-refractivity contribution in [3.63, 3.8) is 0 Å². The maximum Gasteiger partial charge on any atom is 0.175 e. The molecule has 0 aromatic rings. The molecule has 0 radical (unpaired) electrons. The minimum atomic E-state index is 0.0718. The van der Waals surface area contributed by atoms with Crippen LogP contribution in [0, 0.1) is 5.92 Å². The van der Waals surface area contributed by atoms with Gasteiger partial charge in [-0.15, -0.1) is 0 Å². The number of nitrogens with zero attached hydrogens (tertiary/aromatic N) is 1. The van der Waals surface area contributed by atoms with Crippen LogP contribution >= 0.6 is 0 Å². The van der Waals surface area contributed by atoms with E-state index >= 15 is 0 Å². The maximum absolute atomic E-state index is 10.9. The molecule has 0 atom stereocenters. The first-order chi connectivity index (χ1) is 4.54. The Morgan fingerprint density at radius 1 is 1.30 bits per heavy atom. The van der Waals surface area contributed by atoms with Gasteiger partial charge in [-0.2, -0.15) is 0 Å². The van der Waals surface area contributed by atoms with Crippen LogP contribution in [0.1, 0.15) is 27.7 Å². The van der Waals surface area contributed by atoms with Crippen molar-refractivity contribution in [3.05, 3.63) is 0 Å². The smallest absolute Gasteiger partial charge is 0.175 e. The number of ketones is 1. The summed E-state index contributed by atoms with van der Waals surface area (Å²) in [5, 5.41) is 0. The van der Waals surface area contributed by atoms with Crippen LogP contribution in [0.25, 0.3) is 0 Å². The number of carbonyl (C=O) groups is 1. The molecule has 0 fully saturated rings. The lowest BCUT2D eigenvalue weighted by Crippen LogP contribution is -2.09. The third-order valence-electron chi connectivity index (χ3n) is 1.07. The Kier molecular flexibility index (Phi) is 3.93. The molecule has 0 amide bonds. The number of hydrogen-bond acceptors (Lipinski definition) is 2. The number of Topliss-reactive ketones (excluding diaryl/α,β-unsaturated/α-hetero) is 1. The van der Waals surface area contributed by atoms with E-state index in [1.165, 1.54) is 6.21 Å². The van der Waals surface area contributed by atoms with E-state index in [-0.39, 0.29) is 17.7 Å². The Hall–Kier alpha value is -0.660. The van der Waals surface area contributed by atoms with Crippen molar-refractivity contribution in [2.24, 2.45) is 10.9 Å². The summed E-state index contributed by atoms with van der Waals surface area (Å²) in [5.41, 5.74) is 0. The summed E-state index contributed by atoms with van der Waals surface area (Å²) in [4.78, 5) is 14.9. The van der Waals surface area contributed by atoms with Gasteiger partial charge in [0, 0.05) is 12.0 Å². The summed E-state index contributed by atoms with van der Waals surface area (Å²) in [6, 6.07) is 0.225. The predicted molar refractivity (Wildman–Crippen MR) is 43.5 cm³/mol. The summed E-state index contributed by atoms with van der Waals surface area (Å²) in [6.45, 7) is 7.64. The molecule has 0 saturated carbocycles. The molecule has 0 saturated heterocycles. The van der Waals surface area contributed by atoms with Crippen molar-refractivity contribution in [1.82, 2.24) is 0 Å². The zero-order chi connectivity index (χ0) is 8.15. The molecule has 2 heteroatoms. The van der Waals surface area contributed by atoms with Gasteiger partial charge in [-0.25, -0.2) is 0 Å². The van der Waals surface area contributed by atoms with Crippen LogP contribution in [0.2, 0.25) is 0 Å². The molecular weight excluding hydrogens is 126 g/mol. The number of hydrogen-bond donors (Lipinski definition) is 0. The van der Waals surface area contributed by atoms with Gasteiger partial charge in [0.05, 0.1) is 6.21 Å². The van der Waals surface area contributed by atoms with Gasteiger partial charge in [-0.05, 0) is 13.8 Å². The van der Waals surface area contributed by atoms with Crippen LogP contribution in [0.5, 0.6) is 0 Å². The predicted octanol–water partition coefficient (Wildman–Crippen LogP) is 1.69. The van der Waals surface area contributed by atoms with Gasteiger partial charge in [-0.3, -0.25) is 9.79 Å². The Morgan fingerprint density at radius 3 is 2.10 bits per heavy atom. The average Bonchev–Trinajstić information content (AvgIpc) is 1.82. The molecule has 0 aromatic carbocycles. The van der Waals surface area contributed by atoms with Gasteiger partial charge < -0.3 is 0 Å². The van der Waals surface area contributed by atoms with Crippen LogP contribution in [0.4, 0.5) is 0 Å². The monoisotopic (exact) mass is 141 g/mol. The third kappa shape index (κ3) is 4.24. The molecule has 0 aliphatic carbocycles. The van der Waals surface area contributed by atoms with Crippen LogP contribution in [-0.4, -0.2) is 18.0 Å². The second-order valence-corrected chi connectivity index (χ2v) is 2.93. The first kappa shape index (κ1) is 9.34. The van der Waals surface area contributed by atoms with Crippen LogP contribution in [-0.2, 0) is 4.79 Å². The Morgan fingerprint density at radius 2 is 1.80 bits per heavy atom. The molecule has 0 bridgehead atoms. The SMILES string of the molecule is CC(C)N=CC(=O)C(C)C. The van der Waals surface area contributed by atoms with Crippen molar-refractivity contribution >= 4 is 12.0 Å². The summed E-state index contributed by atoms with van der Waals surface area (Å²) in [6.07, 6.45) is 1.43. The maximum atomic E-state index is 10.9. The molecule has 0 heterocycles. The quantitative estimate of drug-likeness (QED) is 0.550. The highest BCUT2D eigenvalue weighted by molar-refractivity contribution is 6.28. The highest BCUT2D eigenvalue weighted by Crippen LogP contribution is 1.92. The summed E-state index contributed by atoms with van der Waals surface area (Å²) >= 11 is 0. The highest BCUT2D eigenvalue weighted by atomic mass is 16.1. The fraction of sp³-hybridized carbons (Fsp3) is 0.750. The largest absolute Gasteiger partial charge is 0.293 e. The molecule has 58 valence electrons. The minimum absolute atomic E-state index is 0.0718. The Bertz CT molecular complexity index is 136. The van der Waals surface area contributed by atoms with E-state index in [1.807, 2.05) is 27.7 Å². The Balaban J connectivity index is 3.79. The van der Waals surface area contributed by atoms with Crippen LogP contribution < -0.4 is 0 Å². The molecule has 0 unspecified atom stereocenters. The number of carbonyl (C=O) groups excluding carboxylic acids is 1. The van der Waals surface area contributed by atoms with Crippen molar-refractivity contribution in [3.8, 4) is 0 Å². The first-order valence-corrected chi connectivity index (χ1v) is 3.61. The first-order valence-electron chi connectivity index (χ1n) is 3.61. The fourth-order valence-corrected chi connectivity index (χ4v) is 0.372. The van der Waals surface area contributed by atoms with Gasteiger partial charge in [0.25, 0.3) is 0 Å². The third-order valence-corrected chi connectivity index (χ3v) is 1.07. The number of rotatable bonds is 3. The molecule has 0 rings (SSSR count). The van der Waals surface area contributed by atoms with Gasteiger partial charge in [0.2, 0.25) is 0 Å². The highest BCUT2D eigenvalue weighted by Gasteiger charge is 2.01. The fourth-order valence-electron chi connectivity index (χ4n) is 0.372. The van der Waals surface area contributed by atoms with E-state index in [4.69, 9.17) is 0 Å². The summed E-state index contributed by atoms with van der Waals surface area (Å²) in [7, 11) is 0. The molecule has 0 aromatic heterocycles. The normalized spacial score (nSPS) is 11.8. The summed E-state index contributed by atoms with van der Waals surface area (Å²) in [5.74, 6) is 0.177. The van der Waals surface area contributed by atoms with Crippen molar-refractivity contribution in [2.75, 3.05) is 0 Å². The van der Waals surface area contributed by atoms with Gasteiger partial charge in [-0.1, -0.05) is 13.8 Å². The van der Waals surface area contributed by atoms with E-state index in [2.05, 4.69) is 4.99 Å². The minimum Gasteiger partial charge on any atom is -0.293 e. The zero-order valence-electron chi connectivity index (χ0n) is 7.09. The average molecular weight is 141 g/mol. The lowest BCUT2D eigenvalue weighted by molar-refractivity contribution is -0.115. The van der Waals surface area contributed by atoms with Gasteiger partial charge >= 0.3 is 0 Å². The van der Waals surface area contributed by atoms with Crippen LogP contribution in [0.3, 0.4) is 0 Å². The lowest BCUT2D eigenvalue weighted by Gasteiger charge is -1.97. The van der Waals surface area contributed by atoms with E-state index in [0.717, 1.165) is 0 Å². The topological polar surface area (TPSA) is 29.4 Å². The molecule has 0 aliphatic heterocycles. The standard InChI is InChI=1S/C8H15NO/c1-6(2)8(10)5-9-7(3)4/h5-7H,1-4H3. The second-order valence-electron chi connectivity index (χ2n) is 2.93. The van der Waals surface area contributed by atoms with E-state index in [1.54, 1.807) is 0 Å². The molecule has 0 spiro atoms. The lowest BCUT2D eigenvalue weighted by atomic mass is 10.1. The van der Waals surface area contributed by atoms with Gasteiger partial charge in [0.1, 0.15) is 0 Å². The molecular formula is C8H15NO. The van der Waals surface area contributed by atoms with Crippen molar-refractivity contribution in [1.29, 1.82) is 0 Å². The zero-order valence-corrected chi connectivity index (χ0v) is 7.09. The second kappa shape index (κ2) is 4.20. The summed E-state index contributed by atoms with van der Waals surface area (Å²) < 4.78 is 0.